The van der Waals surface area contributed by atoms with Crippen molar-refractivity contribution < 1.29 is 19.4 Å². The highest BCUT2D eigenvalue weighted by atomic mass is 16.5. The molecule has 0 fully saturated rings. The molecule has 0 aliphatic carbocycles. The van der Waals surface area contributed by atoms with Gasteiger partial charge in [-0.1, -0.05) is 6.58 Å². The van der Waals surface area contributed by atoms with Gasteiger partial charge in [0.2, 0.25) is 0 Å². The second-order valence-electron chi connectivity index (χ2n) is 4.49. The molecule has 0 atom stereocenters. The van der Waals surface area contributed by atoms with Crippen LogP contribution in [0, 0.1) is 0 Å². The normalized spacial score (nSPS) is 11.3. The first-order valence-corrected chi connectivity index (χ1v) is 5.79. The molecular formula is C15H18O4. The Labute approximate surface area is 113 Å². The van der Waals surface area contributed by atoms with Crippen molar-refractivity contribution in [2.75, 3.05) is 7.11 Å². The first kappa shape index (κ1) is 14.8. The molecule has 4 heteroatoms. The number of aromatic hydroxyl groups is 1. The van der Waals surface area contributed by atoms with E-state index in [9.17, 15) is 9.90 Å². The predicted octanol–water partition coefficient (Wildman–Crippen LogP) is 2.92. The summed E-state index contributed by atoms with van der Waals surface area (Å²) in [5.74, 6) is 0.0719. The maximum absolute atomic E-state index is 11.0. The summed E-state index contributed by atoms with van der Waals surface area (Å²) in [7, 11) is 1.29. The minimum Gasteiger partial charge on any atom is -0.507 e. The van der Waals surface area contributed by atoms with E-state index in [4.69, 9.17) is 4.74 Å². The number of rotatable bonds is 5. The van der Waals surface area contributed by atoms with Gasteiger partial charge in [-0.15, -0.1) is 0 Å². The Morgan fingerprint density at radius 3 is 2.63 bits per heavy atom. The third kappa shape index (κ3) is 4.50. The summed E-state index contributed by atoms with van der Waals surface area (Å²) in [6, 6.07) is 4.85. The molecule has 0 aromatic heterocycles. The summed E-state index contributed by atoms with van der Waals surface area (Å²) in [6.45, 7) is 7.40. The summed E-state index contributed by atoms with van der Waals surface area (Å²) in [5.41, 5.74) is -0.00956. The Morgan fingerprint density at radius 1 is 1.42 bits per heavy atom. The van der Waals surface area contributed by atoms with Crippen molar-refractivity contribution in [2.24, 2.45) is 0 Å². The van der Waals surface area contributed by atoms with Gasteiger partial charge in [0.15, 0.2) is 0 Å². The summed E-state index contributed by atoms with van der Waals surface area (Å²) in [4.78, 5) is 11.0. The molecule has 1 aromatic carbocycles. The fourth-order valence-electron chi connectivity index (χ4n) is 1.30. The number of phenolic OH excluding ortho intramolecular Hbond substituents is 1. The lowest BCUT2D eigenvalue weighted by Gasteiger charge is -2.22. The highest BCUT2D eigenvalue weighted by molar-refractivity contribution is 5.87. The molecule has 0 unspecified atom stereocenters. The van der Waals surface area contributed by atoms with Gasteiger partial charge in [0, 0.05) is 17.7 Å². The zero-order valence-electron chi connectivity index (χ0n) is 11.3. The molecule has 0 aliphatic heterocycles. The van der Waals surface area contributed by atoms with Crippen LogP contribution in [0.1, 0.15) is 19.4 Å². The molecule has 0 aliphatic rings. The standard InChI is InChI=1S/C15H18O4/c1-5-15(2,3)19-12-8-6-11(13(16)10-12)7-9-14(17)18-4/h5-10,16H,1H2,2-4H3/b9-7+. The fraction of sp³-hybridized carbons (Fsp3) is 0.267. The van der Waals surface area contributed by atoms with Gasteiger partial charge in [0.25, 0.3) is 0 Å². The van der Waals surface area contributed by atoms with Crippen molar-refractivity contribution in [1.29, 1.82) is 0 Å². The minimum atomic E-state index is -0.518. The van der Waals surface area contributed by atoms with Gasteiger partial charge in [-0.05, 0) is 38.1 Å². The van der Waals surface area contributed by atoms with Crippen molar-refractivity contribution in [3.05, 3.63) is 42.5 Å². The van der Waals surface area contributed by atoms with Crippen molar-refractivity contribution in [3.63, 3.8) is 0 Å². The highest BCUT2D eigenvalue weighted by Gasteiger charge is 2.15. The van der Waals surface area contributed by atoms with Crippen LogP contribution in [0.3, 0.4) is 0 Å². The zero-order valence-corrected chi connectivity index (χ0v) is 11.3. The second-order valence-corrected chi connectivity index (χ2v) is 4.49. The third-order valence-corrected chi connectivity index (χ3v) is 2.47. The third-order valence-electron chi connectivity index (χ3n) is 2.47. The second kappa shape index (κ2) is 6.09. The Kier molecular flexibility index (Phi) is 4.75. The number of phenols is 1. The van der Waals surface area contributed by atoms with Crippen LogP contribution in [0.15, 0.2) is 36.9 Å². The van der Waals surface area contributed by atoms with Gasteiger partial charge < -0.3 is 14.6 Å². The summed E-state index contributed by atoms with van der Waals surface area (Å²) >= 11 is 0. The predicted molar refractivity (Wildman–Crippen MR) is 74.1 cm³/mol. The lowest BCUT2D eigenvalue weighted by atomic mass is 10.1. The van der Waals surface area contributed by atoms with Crippen LogP contribution in [0.2, 0.25) is 0 Å². The Hall–Kier alpha value is -2.23. The van der Waals surface area contributed by atoms with Crippen LogP contribution in [0.4, 0.5) is 0 Å². The first-order chi connectivity index (χ1) is 8.88. The molecule has 0 radical (unpaired) electrons. The molecule has 1 rings (SSSR count). The number of benzene rings is 1. The Morgan fingerprint density at radius 2 is 2.11 bits per heavy atom. The van der Waals surface area contributed by atoms with Gasteiger partial charge in [-0.3, -0.25) is 0 Å². The van der Waals surface area contributed by atoms with E-state index in [1.165, 1.54) is 25.3 Å². The SMILES string of the molecule is C=CC(C)(C)Oc1ccc(/C=C/C(=O)OC)c(O)c1. The molecule has 0 bridgehead atoms. The van der Waals surface area contributed by atoms with E-state index in [0.29, 0.717) is 11.3 Å². The topological polar surface area (TPSA) is 55.8 Å². The monoisotopic (exact) mass is 262 g/mol. The van der Waals surface area contributed by atoms with E-state index in [0.717, 1.165) is 0 Å². The molecule has 19 heavy (non-hydrogen) atoms. The lowest BCUT2D eigenvalue weighted by Crippen LogP contribution is -2.24. The molecule has 4 nitrogen and oxygen atoms in total. The number of ether oxygens (including phenoxy) is 2. The molecule has 0 spiro atoms. The maximum atomic E-state index is 11.0. The van der Waals surface area contributed by atoms with Crippen molar-refractivity contribution in [1.82, 2.24) is 0 Å². The van der Waals surface area contributed by atoms with Crippen molar-refractivity contribution in [3.8, 4) is 11.5 Å². The van der Waals surface area contributed by atoms with Gasteiger partial charge in [0.1, 0.15) is 17.1 Å². The smallest absolute Gasteiger partial charge is 0.330 e. The van der Waals surface area contributed by atoms with Gasteiger partial charge in [-0.25, -0.2) is 4.79 Å². The van der Waals surface area contributed by atoms with E-state index in [1.54, 1.807) is 18.2 Å². The van der Waals surface area contributed by atoms with E-state index >= 15 is 0 Å². The van der Waals surface area contributed by atoms with Crippen LogP contribution < -0.4 is 4.74 Å². The number of hydrogen-bond acceptors (Lipinski definition) is 4. The quantitative estimate of drug-likeness (QED) is 0.503. The number of carbonyl (C=O) groups excluding carboxylic acids is 1. The first-order valence-electron chi connectivity index (χ1n) is 5.79. The van der Waals surface area contributed by atoms with Crippen molar-refractivity contribution in [2.45, 2.75) is 19.4 Å². The molecule has 1 N–H and O–H groups in total. The fourth-order valence-corrected chi connectivity index (χ4v) is 1.30. The maximum Gasteiger partial charge on any atom is 0.330 e. The minimum absolute atomic E-state index is 0.0255. The van der Waals surface area contributed by atoms with E-state index in [2.05, 4.69) is 11.3 Å². The number of hydrogen-bond donors (Lipinski definition) is 1. The summed E-state index contributed by atoms with van der Waals surface area (Å²) < 4.78 is 10.1. The number of esters is 1. The van der Waals surface area contributed by atoms with Crippen LogP contribution in [-0.4, -0.2) is 23.8 Å². The number of carbonyl (C=O) groups is 1. The van der Waals surface area contributed by atoms with Crippen LogP contribution in [0.5, 0.6) is 11.5 Å². The lowest BCUT2D eigenvalue weighted by molar-refractivity contribution is -0.134. The number of methoxy groups -OCH3 is 1. The van der Waals surface area contributed by atoms with E-state index in [-0.39, 0.29) is 5.75 Å². The van der Waals surface area contributed by atoms with Gasteiger partial charge in [-0.2, -0.15) is 0 Å². The Bertz CT molecular complexity index is 501. The van der Waals surface area contributed by atoms with Gasteiger partial charge in [0.05, 0.1) is 7.11 Å². The molecule has 0 saturated heterocycles. The van der Waals surface area contributed by atoms with Crippen LogP contribution in [0.25, 0.3) is 6.08 Å². The van der Waals surface area contributed by atoms with Gasteiger partial charge >= 0.3 is 5.97 Å². The van der Waals surface area contributed by atoms with Crippen LogP contribution >= 0.6 is 0 Å². The van der Waals surface area contributed by atoms with E-state index in [1.807, 2.05) is 13.8 Å². The average molecular weight is 262 g/mol. The largest absolute Gasteiger partial charge is 0.507 e. The Balaban J connectivity index is 2.89. The zero-order chi connectivity index (χ0) is 14.5. The molecule has 0 saturated carbocycles. The highest BCUT2D eigenvalue weighted by Crippen LogP contribution is 2.27. The van der Waals surface area contributed by atoms with Crippen LogP contribution in [-0.2, 0) is 9.53 Å². The summed E-state index contributed by atoms with van der Waals surface area (Å²) in [5, 5.41) is 9.84. The molecule has 102 valence electrons. The van der Waals surface area contributed by atoms with E-state index < -0.39 is 11.6 Å². The van der Waals surface area contributed by atoms with Crippen molar-refractivity contribution >= 4 is 12.0 Å². The molecule has 1 aromatic rings. The molecular weight excluding hydrogens is 244 g/mol. The average Bonchev–Trinajstić information content (AvgIpc) is 2.37. The molecule has 0 heterocycles. The molecule has 0 amide bonds. The summed E-state index contributed by atoms with van der Waals surface area (Å²) in [6.07, 6.45) is 4.39.